The lowest BCUT2D eigenvalue weighted by Crippen LogP contribution is -2.56. The third kappa shape index (κ3) is 8.38. The van der Waals surface area contributed by atoms with Crippen molar-refractivity contribution in [3.8, 4) is 17.3 Å². The monoisotopic (exact) mass is 567 g/mol. The number of amides is 3. The van der Waals surface area contributed by atoms with Crippen LogP contribution in [-0.2, 0) is 14.3 Å². The summed E-state index contributed by atoms with van der Waals surface area (Å²) in [7, 11) is 0. The molecule has 12 nitrogen and oxygen atoms in total. The molecule has 2 aliphatic rings. The van der Waals surface area contributed by atoms with Gasteiger partial charge < -0.3 is 29.7 Å². The Bertz CT molecular complexity index is 1210. The first-order valence-electron chi connectivity index (χ1n) is 14.2. The Kier molecular flexibility index (Phi) is 10.5. The summed E-state index contributed by atoms with van der Waals surface area (Å²) in [5.74, 6) is -1.29. The van der Waals surface area contributed by atoms with E-state index in [-0.39, 0.29) is 56.7 Å². The summed E-state index contributed by atoms with van der Waals surface area (Å²) in [4.78, 5) is 62.3. The Morgan fingerprint density at radius 3 is 2.37 bits per heavy atom. The maximum Gasteiger partial charge on any atom is 0.409 e. The van der Waals surface area contributed by atoms with Crippen LogP contribution in [0.1, 0.15) is 62.4 Å². The fourth-order valence-corrected chi connectivity index (χ4v) is 4.99. The quantitative estimate of drug-likeness (QED) is 0.417. The van der Waals surface area contributed by atoms with E-state index >= 15 is 0 Å². The molecule has 0 spiro atoms. The van der Waals surface area contributed by atoms with E-state index in [4.69, 9.17) is 14.6 Å². The van der Waals surface area contributed by atoms with E-state index in [1.54, 1.807) is 11.8 Å². The van der Waals surface area contributed by atoms with Gasteiger partial charge in [0.15, 0.2) is 5.82 Å². The lowest BCUT2D eigenvalue weighted by Gasteiger charge is -2.36. The number of aromatic nitrogens is 2. The van der Waals surface area contributed by atoms with Gasteiger partial charge in [0.25, 0.3) is 5.91 Å². The molecule has 2 aromatic rings. The van der Waals surface area contributed by atoms with Gasteiger partial charge in [-0.2, -0.15) is 4.98 Å². The van der Waals surface area contributed by atoms with Crippen LogP contribution in [0.25, 0.3) is 11.4 Å². The standard InChI is InChI=1S/C29H37N5O7/c1-2-40-29(39)34-17-15-33(16-18-34)28(38)22(13-8-14-25(35)36)31-27(37)23-19-24(41-21-11-6-7-12-21)32-26(30-23)20-9-4-3-5-10-20/h3-5,9-10,19,21-22H,2,6-8,11-18H2,1H3,(H,31,37)(H,35,36)/t22-/m0/s1. The van der Waals surface area contributed by atoms with Crippen molar-refractivity contribution in [1.82, 2.24) is 25.1 Å². The number of carbonyl (C=O) groups is 4. The van der Waals surface area contributed by atoms with Gasteiger partial charge >= 0.3 is 12.1 Å². The second-order valence-electron chi connectivity index (χ2n) is 10.1. The highest BCUT2D eigenvalue weighted by Crippen LogP contribution is 2.25. The molecule has 2 fully saturated rings. The topological polar surface area (TPSA) is 151 Å². The van der Waals surface area contributed by atoms with E-state index < -0.39 is 24.0 Å². The predicted molar refractivity (Wildman–Crippen MR) is 148 cm³/mol. The Morgan fingerprint density at radius 2 is 1.71 bits per heavy atom. The molecule has 0 bridgehead atoms. The van der Waals surface area contributed by atoms with Crippen molar-refractivity contribution in [2.45, 2.75) is 64.0 Å². The van der Waals surface area contributed by atoms with Crippen LogP contribution in [0.3, 0.4) is 0 Å². The van der Waals surface area contributed by atoms with Crippen molar-refractivity contribution in [2.75, 3.05) is 32.8 Å². The highest BCUT2D eigenvalue weighted by atomic mass is 16.6. The molecule has 1 atom stereocenters. The molecule has 1 saturated carbocycles. The van der Waals surface area contributed by atoms with E-state index in [0.29, 0.717) is 30.4 Å². The number of carboxylic acid groups (broad SMARTS) is 1. The minimum absolute atomic E-state index is 0.0167. The van der Waals surface area contributed by atoms with Crippen LogP contribution in [-0.4, -0.2) is 93.7 Å². The van der Waals surface area contributed by atoms with Gasteiger partial charge in [-0.15, -0.1) is 0 Å². The third-order valence-electron chi connectivity index (χ3n) is 7.16. The van der Waals surface area contributed by atoms with E-state index in [1.807, 2.05) is 30.3 Å². The second-order valence-corrected chi connectivity index (χ2v) is 10.1. The van der Waals surface area contributed by atoms with Gasteiger partial charge in [0, 0.05) is 44.2 Å². The number of aliphatic carboxylic acids is 1. The van der Waals surface area contributed by atoms with Gasteiger partial charge in [-0.3, -0.25) is 14.4 Å². The summed E-state index contributed by atoms with van der Waals surface area (Å²) in [6, 6.07) is 9.76. The fraction of sp³-hybridized carbons (Fsp3) is 0.517. The second kappa shape index (κ2) is 14.4. The summed E-state index contributed by atoms with van der Waals surface area (Å²) < 4.78 is 11.1. The van der Waals surface area contributed by atoms with Crippen LogP contribution >= 0.6 is 0 Å². The molecule has 2 heterocycles. The molecular weight excluding hydrogens is 530 g/mol. The molecule has 0 radical (unpaired) electrons. The van der Waals surface area contributed by atoms with Crippen molar-refractivity contribution in [2.24, 2.45) is 0 Å². The molecule has 12 heteroatoms. The number of nitrogens with zero attached hydrogens (tertiary/aromatic N) is 4. The summed E-state index contributed by atoms with van der Waals surface area (Å²) in [5.41, 5.74) is 0.766. The van der Waals surface area contributed by atoms with Crippen molar-refractivity contribution < 1.29 is 33.8 Å². The highest BCUT2D eigenvalue weighted by Gasteiger charge is 2.31. The van der Waals surface area contributed by atoms with E-state index in [0.717, 1.165) is 25.7 Å². The molecule has 1 saturated heterocycles. The third-order valence-corrected chi connectivity index (χ3v) is 7.16. The number of carbonyl (C=O) groups excluding carboxylic acids is 3. The van der Waals surface area contributed by atoms with Crippen LogP contribution in [0.2, 0.25) is 0 Å². The number of benzene rings is 1. The average Bonchev–Trinajstić information content (AvgIpc) is 3.49. The summed E-state index contributed by atoms with van der Waals surface area (Å²) in [5, 5.41) is 11.9. The Hall–Kier alpha value is -4.22. The molecule has 1 aliphatic heterocycles. The molecule has 1 aromatic carbocycles. The van der Waals surface area contributed by atoms with E-state index in [9.17, 15) is 19.2 Å². The summed E-state index contributed by atoms with van der Waals surface area (Å²) in [6.45, 7) is 3.13. The van der Waals surface area contributed by atoms with Crippen molar-refractivity contribution in [3.63, 3.8) is 0 Å². The molecule has 220 valence electrons. The number of rotatable bonds is 11. The van der Waals surface area contributed by atoms with Crippen LogP contribution in [0.5, 0.6) is 5.88 Å². The predicted octanol–water partition coefficient (Wildman–Crippen LogP) is 3.12. The molecule has 2 N–H and O–H groups in total. The van der Waals surface area contributed by atoms with Gasteiger partial charge in [0.05, 0.1) is 6.61 Å². The number of piperazine rings is 1. The summed E-state index contributed by atoms with van der Waals surface area (Å²) >= 11 is 0. The molecule has 3 amide bonds. The number of nitrogens with one attached hydrogen (secondary N) is 1. The molecule has 4 rings (SSSR count). The zero-order valence-corrected chi connectivity index (χ0v) is 23.3. The zero-order chi connectivity index (χ0) is 29.2. The average molecular weight is 568 g/mol. The summed E-state index contributed by atoms with van der Waals surface area (Å²) in [6.07, 6.45) is 3.75. The Labute approximate surface area is 239 Å². The van der Waals surface area contributed by atoms with E-state index in [1.165, 1.54) is 11.0 Å². The normalized spacial score (nSPS) is 16.2. The number of hydrogen-bond donors (Lipinski definition) is 2. The molecule has 41 heavy (non-hydrogen) atoms. The van der Waals surface area contributed by atoms with Crippen molar-refractivity contribution in [1.29, 1.82) is 0 Å². The van der Waals surface area contributed by atoms with E-state index in [2.05, 4.69) is 15.3 Å². The first-order valence-corrected chi connectivity index (χ1v) is 14.2. The smallest absolute Gasteiger partial charge is 0.409 e. The van der Waals surface area contributed by atoms with Crippen LogP contribution in [0.15, 0.2) is 36.4 Å². The first kappa shape index (κ1) is 29.8. The van der Waals surface area contributed by atoms with Crippen molar-refractivity contribution >= 4 is 23.9 Å². The Morgan fingerprint density at radius 1 is 1.02 bits per heavy atom. The largest absolute Gasteiger partial charge is 0.481 e. The van der Waals surface area contributed by atoms with Gasteiger partial charge in [-0.05, 0) is 45.4 Å². The van der Waals surface area contributed by atoms with Crippen LogP contribution in [0, 0.1) is 0 Å². The number of carboxylic acids is 1. The zero-order valence-electron chi connectivity index (χ0n) is 23.3. The highest BCUT2D eigenvalue weighted by molar-refractivity contribution is 5.96. The number of ether oxygens (including phenoxy) is 2. The minimum atomic E-state index is -0.984. The fourth-order valence-electron chi connectivity index (χ4n) is 4.99. The Balaban J connectivity index is 1.52. The number of hydrogen-bond acceptors (Lipinski definition) is 8. The van der Waals surface area contributed by atoms with Gasteiger partial charge in [-0.1, -0.05) is 30.3 Å². The molecule has 0 unspecified atom stereocenters. The van der Waals surface area contributed by atoms with Crippen molar-refractivity contribution in [3.05, 3.63) is 42.1 Å². The molecular formula is C29H37N5O7. The first-order chi connectivity index (χ1) is 19.8. The molecule has 1 aliphatic carbocycles. The van der Waals surface area contributed by atoms with Crippen LogP contribution < -0.4 is 10.1 Å². The lowest BCUT2D eigenvalue weighted by atomic mass is 10.1. The minimum Gasteiger partial charge on any atom is -0.481 e. The maximum atomic E-state index is 13.5. The van der Waals surface area contributed by atoms with Gasteiger partial charge in [0.2, 0.25) is 11.8 Å². The maximum absolute atomic E-state index is 13.5. The van der Waals surface area contributed by atoms with Gasteiger partial charge in [0.1, 0.15) is 17.8 Å². The van der Waals surface area contributed by atoms with Gasteiger partial charge in [-0.25, -0.2) is 9.78 Å². The van der Waals surface area contributed by atoms with Crippen LogP contribution in [0.4, 0.5) is 4.79 Å². The lowest BCUT2D eigenvalue weighted by molar-refractivity contribution is -0.138. The molecule has 1 aromatic heterocycles. The SMILES string of the molecule is CCOC(=O)N1CCN(C(=O)[C@H](CCCC(=O)O)NC(=O)c2cc(OC3CCCC3)nc(-c3ccccc3)n2)CC1.